The maximum Gasteiger partial charge on any atom is 0.161 e. The molecule has 0 radical (unpaired) electrons. The molecule has 1 aromatic carbocycles. The van der Waals surface area contributed by atoms with Gasteiger partial charge in [0, 0.05) is 41.5 Å². The number of benzene rings is 1. The lowest BCUT2D eigenvalue weighted by Crippen LogP contribution is -1.87. The van der Waals surface area contributed by atoms with Crippen LogP contribution < -0.4 is 0 Å². The first-order valence-electron chi connectivity index (χ1n) is 10.0. The van der Waals surface area contributed by atoms with Crippen molar-refractivity contribution >= 4 is 22.2 Å². The summed E-state index contributed by atoms with van der Waals surface area (Å²) in [5.74, 6) is 0.298. The van der Waals surface area contributed by atoms with Gasteiger partial charge in [-0.25, -0.2) is 19.3 Å². The monoisotopic (exact) mass is 421 g/mol. The van der Waals surface area contributed by atoms with E-state index < -0.39 is 0 Å². The molecule has 0 spiro atoms. The molecule has 0 fully saturated rings. The molecule has 0 aliphatic rings. The molecule has 5 aromatic heterocycles. The first-order valence-corrected chi connectivity index (χ1v) is 10.0. The molecule has 0 aliphatic carbocycles. The lowest BCUT2D eigenvalue weighted by atomic mass is 10.0. The van der Waals surface area contributed by atoms with Gasteiger partial charge in [0.15, 0.2) is 17.1 Å². The van der Waals surface area contributed by atoms with Crippen molar-refractivity contribution in [1.29, 1.82) is 0 Å². The third kappa shape index (κ3) is 2.92. The Kier molecular flexibility index (Phi) is 4.04. The zero-order chi connectivity index (χ0) is 21.7. The van der Waals surface area contributed by atoms with E-state index in [0.29, 0.717) is 28.3 Å². The molecule has 8 heteroatoms. The van der Waals surface area contributed by atoms with Gasteiger partial charge in [0.1, 0.15) is 17.0 Å². The van der Waals surface area contributed by atoms with E-state index in [1.165, 1.54) is 12.1 Å². The summed E-state index contributed by atoms with van der Waals surface area (Å²) in [6.07, 6.45) is 7.11. The Balaban J connectivity index is 1.51. The summed E-state index contributed by atoms with van der Waals surface area (Å²) in [7, 11) is 0. The number of pyridine rings is 3. The van der Waals surface area contributed by atoms with Crippen LogP contribution in [0.2, 0.25) is 0 Å². The molecule has 0 aliphatic heterocycles. The highest BCUT2D eigenvalue weighted by Gasteiger charge is 2.17. The Bertz CT molecular complexity index is 1600. The van der Waals surface area contributed by atoms with Gasteiger partial charge in [0.25, 0.3) is 0 Å². The maximum atomic E-state index is 13.4. The number of aryl methyl sites for hydroxylation is 1. The summed E-state index contributed by atoms with van der Waals surface area (Å²) in [6, 6.07) is 12.2. The van der Waals surface area contributed by atoms with Crippen molar-refractivity contribution in [3.8, 4) is 33.8 Å². The van der Waals surface area contributed by atoms with Gasteiger partial charge < -0.3 is 4.98 Å². The summed E-state index contributed by atoms with van der Waals surface area (Å²) in [6.45, 7) is 2.04. The molecule has 0 amide bonds. The summed E-state index contributed by atoms with van der Waals surface area (Å²) in [5.41, 5.74) is 7.44. The van der Waals surface area contributed by atoms with Crippen LogP contribution in [0.15, 0.2) is 67.3 Å². The average Bonchev–Trinajstić information content (AvgIpc) is 3.43. The highest BCUT2D eigenvalue weighted by Crippen LogP contribution is 2.32. The van der Waals surface area contributed by atoms with Crippen LogP contribution >= 0.6 is 0 Å². The van der Waals surface area contributed by atoms with E-state index in [0.717, 1.165) is 33.2 Å². The number of fused-ring (bicyclic) bond motifs is 2. The van der Waals surface area contributed by atoms with Crippen LogP contribution in [-0.2, 0) is 0 Å². The predicted molar refractivity (Wildman–Crippen MR) is 120 cm³/mol. The van der Waals surface area contributed by atoms with Crippen LogP contribution in [0.5, 0.6) is 0 Å². The predicted octanol–water partition coefficient (Wildman–Crippen LogP) is 5.07. The number of nitrogens with zero attached hydrogens (tertiary/aromatic N) is 5. The molecule has 0 bridgehead atoms. The first kappa shape index (κ1) is 18.3. The number of halogens is 1. The molecule has 0 saturated carbocycles. The Morgan fingerprint density at radius 2 is 1.72 bits per heavy atom. The number of aromatic nitrogens is 7. The van der Waals surface area contributed by atoms with Crippen molar-refractivity contribution in [2.24, 2.45) is 0 Å². The van der Waals surface area contributed by atoms with Crippen molar-refractivity contribution in [2.75, 3.05) is 0 Å². The quantitative estimate of drug-likeness (QED) is 0.416. The van der Waals surface area contributed by atoms with Crippen molar-refractivity contribution in [3.63, 3.8) is 0 Å². The SMILES string of the molecule is Cc1ccncc1-c1cnc2[nH]nc(-c3nc4c(-c5ccc(F)cc5)ccnc4[nH]3)c2c1. The second-order valence-corrected chi connectivity index (χ2v) is 7.53. The fourth-order valence-corrected chi connectivity index (χ4v) is 3.88. The van der Waals surface area contributed by atoms with Gasteiger partial charge in [0.2, 0.25) is 0 Å². The van der Waals surface area contributed by atoms with Crippen molar-refractivity contribution in [2.45, 2.75) is 6.92 Å². The maximum absolute atomic E-state index is 13.4. The Hall–Kier alpha value is -4.46. The Morgan fingerprint density at radius 3 is 2.56 bits per heavy atom. The van der Waals surface area contributed by atoms with E-state index in [1.807, 2.05) is 31.3 Å². The molecule has 0 atom stereocenters. The minimum absolute atomic E-state index is 0.281. The molecule has 0 unspecified atom stereocenters. The summed E-state index contributed by atoms with van der Waals surface area (Å²) in [5, 5.41) is 8.28. The molecule has 32 heavy (non-hydrogen) atoms. The fourth-order valence-electron chi connectivity index (χ4n) is 3.88. The minimum Gasteiger partial charge on any atom is -0.321 e. The topological polar surface area (TPSA) is 96.0 Å². The molecule has 0 saturated heterocycles. The standard InChI is InChI=1S/C24H16FN7/c1-13-6-8-26-12-19(13)15-10-18-21(31-32-22(18)28-11-15)24-29-20-17(7-9-27-23(20)30-24)14-2-4-16(25)5-3-14/h2-12H,1H3,(H,27,29,30)(H,28,31,32). The van der Waals surface area contributed by atoms with Crippen LogP contribution in [0.3, 0.4) is 0 Å². The zero-order valence-electron chi connectivity index (χ0n) is 17.0. The van der Waals surface area contributed by atoms with Crippen LogP contribution in [-0.4, -0.2) is 35.1 Å². The van der Waals surface area contributed by atoms with Crippen LogP contribution in [0.25, 0.3) is 56.0 Å². The second-order valence-electron chi connectivity index (χ2n) is 7.53. The molecule has 5 heterocycles. The van der Waals surface area contributed by atoms with Gasteiger partial charge in [-0.1, -0.05) is 12.1 Å². The van der Waals surface area contributed by atoms with Crippen molar-refractivity contribution in [1.82, 2.24) is 35.1 Å². The smallest absolute Gasteiger partial charge is 0.161 e. The normalized spacial score (nSPS) is 11.4. The highest BCUT2D eigenvalue weighted by molar-refractivity contribution is 5.96. The number of hydrogen-bond donors (Lipinski definition) is 2. The zero-order valence-corrected chi connectivity index (χ0v) is 17.0. The van der Waals surface area contributed by atoms with E-state index in [2.05, 4.69) is 30.1 Å². The summed E-state index contributed by atoms with van der Waals surface area (Å²) >= 11 is 0. The first-order chi connectivity index (χ1) is 15.7. The van der Waals surface area contributed by atoms with Crippen molar-refractivity contribution < 1.29 is 4.39 Å². The van der Waals surface area contributed by atoms with E-state index in [-0.39, 0.29) is 5.82 Å². The highest BCUT2D eigenvalue weighted by atomic mass is 19.1. The van der Waals surface area contributed by atoms with Gasteiger partial charge in [-0.3, -0.25) is 10.1 Å². The largest absolute Gasteiger partial charge is 0.321 e. The lowest BCUT2D eigenvalue weighted by Gasteiger charge is -2.04. The van der Waals surface area contributed by atoms with Crippen LogP contribution in [0, 0.1) is 12.7 Å². The van der Waals surface area contributed by atoms with Crippen molar-refractivity contribution in [3.05, 3.63) is 78.6 Å². The minimum atomic E-state index is -0.281. The average molecular weight is 421 g/mol. The fraction of sp³-hybridized carbons (Fsp3) is 0.0417. The van der Waals surface area contributed by atoms with E-state index in [9.17, 15) is 4.39 Å². The van der Waals surface area contributed by atoms with Crippen LogP contribution in [0.4, 0.5) is 4.39 Å². The number of aromatic amines is 2. The third-order valence-corrected chi connectivity index (χ3v) is 5.53. The van der Waals surface area contributed by atoms with E-state index >= 15 is 0 Å². The number of hydrogen-bond acceptors (Lipinski definition) is 5. The van der Waals surface area contributed by atoms with Gasteiger partial charge in [-0.15, -0.1) is 0 Å². The molecule has 2 N–H and O–H groups in total. The molecule has 6 rings (SSSR count). The van der Waals surface area contributed by atoms with Gasteiger partial charge in [0.05, 0.1) is 5.39 Å². The van der Waals surface area contributed by atoms with Crippen LogP contribution in [0.1, 0.15) is 5.56 Å². The summed E-state index contributed by atoms with van der Waals surface area (Å²) < 4.78 is 13.4. The lowest BCUT2D eigenvalue weighted by molar-refractivity contribution is 0.628. The number of rotatable bonds is 3. The Labute approximate surface area is 181 Å². The number of H-pyrrole nitrogens is 2. The third-order valence-electron chi connectivity index (χ3n) is 5.53. The molecule has 6 aromatic rings. The molecule has 154 valence electrons. The number of nitrogens with one attached hydrogen (secondary N) is 2. The van der Waals surface area contributed by atoms with Gasteiger partial charge >= 0.3 is 0 Å². The van der Waals surface area contributed by atoms with E-state index in [4.69, 9.17) is 4.98 Å². The second kappa shape index (κ2) is 7.05. The summed E-state index contributed by atoms with van der Waals surface area (Å²) in [4.78, 5) is 21.2. The molecular formula is C24H16FN7. The Morgan fingerprint density at radius 1 is 0.844 bits per heavy atom. The van der Waals surface area contributed by atoms with E-state index in [1.54, 1.807) is 30.7 Å². The van der Waals surface area contributed by atoms with Gasteiger partial charge in [-0.2, -0.15) is 5.10 Å². The number of imidazole rings is 1. The van der Waals surface area contributed by atoms with Gasteiger partial charge in [-0.05, 0) is 48.4 Å². The molecular weight excluding hydrogens is 405 g/mol. The molecule has 7 nitrogen and oxygen atoms in total.